The van der Waals surface area contributed by atoms with Gasteiger partial charge in [-0.15, -0.1) is 24.0 Å². The summed E-state index contributed by atoms with van der Waals surface area (Å²) in [5.74, 6) is 0.185. The van der Waals surface area contributed by atoms with Crippen molar-refractivity contribution in [2.45, 2.75) is 27.2 Å². The van der Waals surface area contributed by atoms with E-state index in [2.05, 4.69) is 17.2 Å². The van der Waals surface area contributed by atoms with E-state index in [0.717, 1.165) is 12.1 Å². The molecule has 0 aliphatic rings. The molecule has 1 aromatic rings. The Labute approximate surface area is 156 Å². The standard InChI is InChI=1S/C15H26N4O2S.HI/c1-4-13-7-9-14(10-8-13)18-15(16)17-11-12-22(20,21)19(5-2)6-3;/h7-10H,4-6,11-12H2,1-3H3,(H3,16,17,18);1H. The number of nitrogens with two attached hydrogens (primary N) is 1. The van der Waals surface area contributed by atoms with Gasteiger partial charge < -0.3 is 11.1 Å². The van der Waals surface area contributed by atoms with Crippen molar-refractivity contribution in [2.24, 2.45) is 10.7 Å². The number of anilines is 1. The van der Waals surface area contributed by atoms with Gasteiger partial charge in [0.25, 0.3) is 0 Å². The van der Waals surface area contributed by atoms with Crippen LogP contribution < -0.4 is 11.1 Å². The first kappa shape index (κ1) is 22.1. The zero-order valence-electron chi connectivity index (χ0n) is 13.9. The van der Waals surface area contributed by atoms with Crippen LogP contribution in [0.25, 0.3) is 0 Å². The number of sulfonamides is 1. The van der Waals surface area contributed by atoms with Crippen LogP contribution in [0.3, 0.4) is 0 Å². The molecule has 132 valence electrons. The summed E-state index contributed by atoms with van der Waals surface area (Å²) in [5.41, 5.74) is 7.86. The molecule has 0 spiro atoms. The second kappa shape index (κ2) is 10.8. The van der Waals surface area contributed by atoms with E-state index in [0.29, 0.717) is 13.1 Å². The van der Waals surface area contributed by atoms with Crippen LogP contribution in [0.4, 0.5) is 5.69 Å². The third-order valence-electron chi connectivity index (χ3n) is 3.36. The van der Waals surface area contributed by atoms with E-state index < -0.39 is 10.0 Å². The molecule has 0 aromatic heterocycles. The van der Waals surface area contributed by atoms with Gasteiger partial charge in [0.1, 0.15) is 0 Å². The van der Waals surface area contributed by atoms with Crippen molar-refractivity contribution in [2.75, 3.05) is 30.7 Å². The largest absolute Gasteiger partial charge is 0.370 e. The number of halogens is 1. The number of rotatable bonds is 8. The fourth-order valence-corrected chi connectivity index (χ4v) is 3.41. The summed E-state index contributed by atoms with van der Waals surface area (Å²) in [4.78, 5) is 4.08. The molecule has 0 atom stereocenters. The Balaban J connectivity index is 0.00000484. The van der Waals surface area contributed by atoms with E-state index >= 15 is 0 Å². The Hall–Kier alpha value is -0.870. The lowest BCUT2D eigenvalue weighted by Gasteiger charge is -2.17. The molecule has 1 aromatic carbocycles. The molecule has 0 fully saturated rings. The monoisotopic (exact) mass is 454 g/mol. The molecule has 0 aliphatic heterocycles. The van der Waals surface area contributed by atoms with Gasteiger partial charge in [-0.05, 0) is 24.1 Å². The second-order valence-electron chi connectivity index (χ2n) is 4.84. The highest BCUT2D eigenvalue weighted by molar-refractivity contribution is 14.0. The van der Waals surface area contributed by atoms with E-state index in [-0.39, 0.29) is 42.2 Å². The zero-order valence-corrected chi connectivity index (χ0v) is 17.1. The van der Waals surface area contributed by atoms with Crippen LogP contribution in [-0.4, -0.2) is 44.1 Å². The number of nitrogens with zero attached hydrogens (tertiary/aromatic N) is 2. The van der Waals surface area contributed by atoms with Crippen molar-refractivity contribution >= 4 is 45.6 Å². The predicted molar refractivity (Wildman–Crippen MR) is 108 cm³/mol. The lowest BCUT2D eigenvalue weighted by molar-refractivity contribution is 0.445. The number of aryl methyl sites for hydroxylation is 1. The highest BCUT2D eigenvalue weighted by Gasteiger charge is 2.17. The number of aliphatic imine (C=N–C) groups is 1. The van der Waals surface area contributed by atoms with Crippen LogP contribution in [-0.2, 0) is 16.4 Å². The van der Waals surface area contributed by atoms with Crippen LogP contribution in [0, 0.1) is 0 Å². The Morgan fingerprint density at radius 3 is 2.22 bits per heavy atom. The molecular weight excluding hydrogens is 427 g/mol. The Morgan fingerprint density at radius 2 is 1.74 bits per heavy atom. The molecule has 1 rings (SSSR count). The van der Waals surface area contributed by atoms with Crippen LogP contribution in [0.1, 0.15) is 26.3 Å². The van der Waals surface area contributed by atoms with Gasteiger partial charge in [0.2, 0.25) is 10.0 Å². The molecule has 0 saturated carbocycles. The maximum absolute atomic E-state index is 12.0. The Kier molecular flexibility index (Phi) is 10.4. The normalized spacial score (nSPS) is 12.1. The molecule has 0 radical (unpaired) electrons. The van der Waals surface area contributed by atoms with Gasteiger partial charge in [0.05, 0.1) is 12.3 Å². The molecule has 0 heterocycles. The van der Waals surface area contributed by atoms with Gasteiger partial charge in [-0.25, -0.2) is 12.7 Å². The van der Waals surface area contributed by atoms with Crippen molar-refractivity contribution in [1.29, 1.82) is 0 Å². The maximum Gasteiger partial charge on any atom is 0.215 e. The van der Waals surface area contributed by atoms with Crippen molar-refractivity contribution < 1.29 is 8.42 Å². The topological polar surface area (TPSA) is 87.8 Å². The number of hydrogen-bond acceptors (Lipinski definition) is 3. The van der Waals surface area contributed by atoms with Crippen molar-refractivity contribution in [3.05, 3.63) is 29.8 Å². The first-order valence-corrected chi connectivity index (χ1v) is 9.17. The number of nitrogens with one attached hydrogen (secondary N) is 1. The minimum absolute atomic E-state index is 0. The molecule has 0 saturated heterocycles. The first-order chi connectivity index (χ1) is 10.4. The van der Waals surface area contributed by atoms with Gasteiger partial charge in [-0.1, -0.05) is 32.9 Å². The van der Waals surface area contributed by atoms with Crippen LogP contribution in [0.15, 0.2) is 29.3 Å². The average molecular weight is 454 g/mol. The molecule has 0 aliphatic carbocycles. The molecule has 0 amide bonds. The third kappa shape index (κ3) is 7.49. The second-order valence-corrected chi connectivity index (χ2v) is 6.93. The van der Waals surface area contributed by atoms with Gasteiger partial charge in [-0.2, -0.15) is 0 Å². The summed E-state index contributed by atoms with van der Waals surface area (Å²) in [5, 5.41) is 2.96. The van der Waals surface area contributed by atoms with Gasteiger partial charge in [0.15, 0.2) is 5.96 Å². The van der Waals surface area contributed by atoms with Gasteiger partial charge in [-0.3, -0.25) is 4.99 Å². The molecule has 23 heavy (non-hydrogen) atoms. The fourth-order valence-electron chi connectivity index (χ4n) is 2.04. The van der Waals surface area contributed by atoms with Gasteiger partial charge >= 0.3 is 0 Å². The van der Waals surface area contributed by atoms with Crippen LogP contribution in [0.5, 0.6) is 0 Å². The highest BCUT2D eigenvalue weighted by atomic mass is 127. The van der Waals surface area contributed by atoms with Crippen molar-refractivity contribution in [3.63, 3.8) is 0 Å². The van der Waals surface area contributed by atoms with Gasteiger partial charge in [0, 0.05) is 18.8 Å². The molecule has 0 unspecified atom stereocenters. The summed E-state index contributed by atoms with van der Waals surface area (Å²) in [6.07, 6.45) is 0.979. The summed E-state index contributed by atoms with van der Waals surface area (Å²) in [6, 6.07) is 7.88. The lowest BCUT2D eigenvalue weighted by atomic mass is 10.1. The lowest BCUT2D eigenvalue weighted by Crippen LogP contribution is -2.34. The van der Waals surface area contributed by atoms with Crippen molar-refractivity contribution in [3.8, 4) is 0 Å². The Bertz CT molecular complexity index is 584. The predicted octanol–water partition coefficient (Wildman–Crippen LogP) is 2.27. The van der Waals surface area contributed by atoms with Crippen LogP contribution >= 0.6 is 24.0 Å². The van der Waals surface area contributed by atoms with Crippen molar-refractivity contribution in [1.82, 2.24) is 4.31 Å². The van der Waals surface area contributed by atoms with E-state index in [9.17, 15) is 8.42 Å². The smallest absolute Gasteiger partial charge is 0.215 e. The molecule has 0 bridgehead atoms. The third-order valence-corrected chi connectivity index (χ3v) is 5.37. The zero-order chi connectivity index (χ0) is 16.6. The number of benzene rings is 1. The molecule has 3 N–H and O–H groups in total. The quantitative estimate of drug-likeness (QED) is 0.359. The van der Waals surface area contributed by atoms with E-state index in [1.54, 1.807) is 0 Å². The summed E-state index contributed by atoms with van der Waals surface area (Å²) < 4.78 is 25.4. The summed E-state index contributed by atoms with van der Waals surface area (Å²) in [6.45, 7) is 6.82. The summed E-state index contributed by atoms with van der Waals surface area (Å²) in [7, 11) is -3.26. The minimum Gasteiger partial charge on any atom is -0.370 e. The number of guanidine groups is 1. The fraction of sp³-hybridized carbons (Fsp3) is 0.533. The average Bonchev–Trinajstić information content (AvgIpc) is 2.48. The summed E-state index contributed by atoms with van der Waals surface area (Å²) >= 11 is 0. The van der Waals surface area contributed by atoms with E-state index in [1.165, 1.54) is 9.87 Å². The van der Waals surface area contributed by atoms with Crippen LogP contribution in [0.2, 0.25) is 0 Å². The molecular formula is C15H27IN4O2S. The minimum atomic E-state index is -3.26. The molecule has 8 heteroatoms. The number of hydrogen-bond donors (Lipinski definition) is 2. The van der Waals surface area contributed by atoms with E-state index in [1.807, 2.05) is 38.1 Å². The molecule has 6 nitrogen and oxygen atoms in total. The highest BCUT2D eigenvalue weighted by Crippen LogP contribution is 2.09. The first-order valence-electron chi connectivity index (χ1n) is 7.56. The van der Waals surface area contributed by atoms with E-state index in [4.69, 9.17) is 5.73 Å². The maximum atomic E-state index is 12.0. The SMILES string of the molecule is CCc1ccc(NC(N)=NCCS(=O)(=O)N(CC)CC)cc1.I. The Morgan fingerprint density at radius 1 is 1.17 bits per heavy atom.